The molecule has 1 fully saturated rings. The van der Waals surface area contributed by atoms with Gasteiger partial charge in [-0.3, -0.25) is 9.59 Å². The van der Waals surface area contributed by atoms with Crippen molar-refractivity contribution in [3.05, 3.63) is 30.3 Å². The Morgan fingerprint density at radius 2 is 2.00 bits per heavy atom. The number of aromatic nitrogens is 1. The molecule has 0 spiro atoms. The van der Waals surface area contributed by atoms with Gasteiger partial charge in [-0.1, -0.05) is 66.8 Å². The second-order valence-corrected chi connectivity index (χ2v) is 8.53. The lowest BCUT2D eigenvalue weighted by Crippen LogP contribution is -2.26. The van der Waals surface area contributed by atoms with E-state index in [1.807, 2.05) is 30.3 Å². The number of anilines is 1. The van der Waals surface area contributed by atoms with Crippen molar-refractivity contribution in [3.8, 4) is 11.3 Å². The Kier molecular flexibility index (Phi) is 6.68. The molecule has 1 aliphatic rings. The number of carbonyl (C=O) groups is 2. The number of benzene rings is 1. The molecule has 3 rings (SSSR count). The van der Waals surface area contributed by atoms with Crippen molar-refractivity contribution in [2.75, 3.05) is 11.1 Å². The van der Waals surface area contributed by atoms with Gasteiger partial charge in [0.2, 0.25) is 11.8 Å². The Hall–Kier alpha value is -1.86. The van der Waals surface area contributed by atoms with E-state index in [1.165, 1.54) is 23.1 Å². The van der Waals surface area contributed by atoms with Gasteiger partial charge in [-0.15, -0.1) is 0 Å². The zero-order valence-corrected chi connectivity index (χ0v) is 16.4. The lowest BCUT2D eigenvalue weighted by Gasteiger charge is -2.04. The molecule has 138 valence electrons. The lowest BCUT2D eigenvalue weighted by molar-refractivity contribution is -0.118. The Balaban J connectivity index is 1.71. The maximum absolute atomic E-state index is 12.2. The summed E-state index contributed by atoms with van der Waals surface area (Å²) >= 11 is 2.85. The summed E-state index contributed by atoms with van der Waals surface area (Å²) in [6.45, 7) is 2.07. The summed E-state index contributed by atoms with van der Waals surface area (Å²) in [6.07, 6.45) is 4.53. The number of carbonyl (C=O) groups excluding carboxylic acids is 2. The van der Waals surface area contributed by atoms with Crippen LogP contribution in [0.25, 0.3) is 11.3 Å². The molecule has 2 amide bonds. The van der Waals surface area contributed by atoms with Crippen molar-refractivity contribution < 1.29 is 9.59 Å². The molecule has 26 heavy (non-hydrogen) atoms. The predicted molar refractivity (Wildman–Crippen MR) is 108 cm³/mol. The van der Waals surface area contributed by atoms with Crippen molar-refractivity contribution in [3.63, 3.8) is 0 Å². The molecule has 0 aliphatic heterocycles. The summed E-state index contributed by atoms with van der Waals surface area (Å²) in [5.41, 5.74) is 1.73. The monoisotopic (exact) mass is 389 g/mol. The Morgan fingerprint density at radius 1 is 1.23 bits per heavy atom. The summed E-state index contributed by atoms with van der Waals surface area (Å²) in [5, 5.41) is 6.73. The van der Waals surface area contributed by atoms with Crippen molar-refractivity contribution in [1.82, 2.24) is 10.3 Å². The van der Waals surface area contributed by atoms with E-state index in [1.54, 1.807) is 0 Å². The minimum atomic E-state index is 0.00991. The van der Waals surface area contributed by atoms with Crippen molar-refractivity contribution >= 4 is 39.9 Å². The number of nitrogens with zero attached hydrogens (tertiary/aromatic N) is 1. The van der Waals surface area contributed by atoms with Gasteiger partial charge in [-0.2, -0.15) is 0 Å². The van der Waals surface area contributed by atoms with Crippen LogP contribution in [0, 0.1) is 0 Å². The highest BCUT2D eigenvalue weighted by Gasteiger charge is 2.23. The molecule has 0 bridgehead atoms. The van der Waals surface area contributed by atoms with Crippen LogP contribution in [0.15, 0.2) is 34.7 Å². The van der Waals surface area contributed by atoms with E-state index in [-0.39, 0.29) is 11.8 Å². The molecule has 2 aromatic rings. The summed E-state index contributed by atoms with van der Waals surface area (Å²) < 4.78 is 0.792. The largest absolute Gasteiger partial charge is 0.353 e. The van der Waals surface area contributed by atoms with Gasteiger partial charge in [0.05, 0.1) is 5.75 Å². The standard InChI is InChI=1S/C19H23N3O2S2/c1-2-3-9-15(23)21-18-17(13-7-5-4-6-8-13)22-19(26-18)25-12-16(24)20-14-10-11-14/h4-8,14H,2-3,9-12H2,1H3,(H,20,24)(H,21,23). The van der Waals surface area contributed by atoms with Gasteiger partial charge in [0, 0.05) is 18.0 Å². The van der Waals surface area contributed by atoms with Gasteiger partial charge in [0.15, 0.2) is 4.34 Å². The fourth-order valence-corrected chi connectivity index (χ4v) is 4.28. The smallest absolute Gasteiger partial charge is 0.230 e. The molecular weight excluding hydrogens is 366 g/mol. The average molecular weight is 390 g/mol. The molecule has 0 saturated heterocycles. The number of thiazole rings is 1. The van der Waals surface area contributed by atoms with Crippen molar-refractivity contribution in [1.29, 1.82) is 0 Å². The number of hydrogen-bond acceptors (Lipinski definition) is 5. The summed E-state index contributed by atoms with van der Waals surface area (Å²) in [5.74, 6) is 0.403. The molecule has 0 atom stereocenters. The molecule has 2 N–H and O–H groups in total. The predicted octanol–water partition coefficient (Wildman–Crippen LogP) is 4.31. The third-order valence-electron chi connectivity index (χ3n) is 3.93. The zero-order chi connectivity index (χ0) is 18.4. The first-order valence-electron chi connectivity index (χ1n) is 8.94. The van der Waals surface area contributed by atoms with Gasteiger partial charge in [-0.05, 0) is 19.3 Å². The van der Waals surface area contributed by atoms with E-state index < -0.39 is 0 Å². The second kappa shape index (κ2) is 9.19. The van der Waals surface area contributed by atoms with Gasteiger partial charge in [-0.25, -0.2) is 4.98 Å². The molecule has 1 heterocycles. The maximum atomic E-state index is 12.2. The van der Waals surface area contributed by atoms with Crippen LogP contribution in [0.1, 0.15) is 39.0 Å². The number of hydrogen-bond donors (Lipinski definition) is 2. The minimum absolute atomic E-state index is 0.00991. The van der Waals surface area contributed by atoms with Crippen LogP contribution < -0.4 is 10.6 Å². The molecule has 0 radical (unpaired) electrons. The molecule has 1 aromatic carbocycles. The normalized spacial score (nSPS) is 13.4. The SMILES string of the molecule is CCCCC(=O)Nc1sc(SCC(=O)NC2CC2)nc1-c1ccccc1. The van der Waals surface area contributed by atoms with Gasteiger partial charge in [0.1, 0.15) is 10.7 Å². The van der Waals surface area contributed by atoms with Crippen LogP contribution in [-0.2, 0) is 9.59 Å². The zero-order valence-electron chi connectivity index (χ0n) is 14.8. The first-order valence-corrected chi connectivity index (χ1v) is 10.7. The fourth-order valence-electron chi connectivity index (χ4n) is 2.39. The highest BCUT2D eigenvalue weighted by Crippen LogP contribution is 2.37. The van der Waals surface area contributed by atoms with Gasteiger partial charge < -0.3 is 10.6 Å². The minimum Gasteiger partial charge on any atom is -0.353 e. The van der Waals surface area contributed by atoms with Crippen LogP contribution in [0.3, 0.4) is 0 Å². The number of amides is 2. The number of rotatable bonds is 9. The summed E-state index contributed by atoms with van der Waals surface area (Å²) in [7, 11) is 0. The highest BCUT2D eigenvalue weighted by molar-refractivity contribution is 8.01. The molecule has 5 nitrogen and oxygen atoms in total. The fraction of sp³-hybridized carbons (Fsp3) is 0.421. The van der Waals surface area contributed by atoms with E-state index in [9.17, 15) is 9.59 Å². The first-order chi connectivity index (χ1) is 12.7. The van der Waals surface area contributed by atoms with Crippen LogP contribution >= 0.6 is 23.1 Å². The van der Waals surface area contributed by atoms with Crippen LogP contribution in [0.4, 0.5) is 5.00 Å². The van der Waals surface area contributed by atoms with Crippen LogP contribution in [-0.4, -0.2) is 28.6 Å². The Morgan fingerprint density at radius 3 is 2.69 bits per heavy atom. The molecular formula is C19H23N3O2S2. The number of thioether (sulfide) groups is 1. The Labute approximate surface area is 162 Å². The summed E-state index contributed by atoms with van der Waals surface area (Å²) in [6, 6.07) is 10.2. The van der Waals surface area contributed by atoms with E-state index in [0.29, 0.717) is 18.2 Å². The Bertz CT molecular complexity index is 757. The van der Waals surface area contributed by atoms with E-state index >= 15 is 0 Å². The topological polar surface area (TPSA) is 71.1 Å². The van der Waals surface area contributed by atoms with E-state index in [0.717, 1.165) is 46.3 Å². The van der Waals surface area contributed by atoms with Crippen molar-refractivity contribution in [2.45, 2.75) is 49.4 Å². The molecule has 1 aromatic heterocycles. The lowest BCUT2D eigenvalue weighted by atomic mass is 10.1. The molecule has 0 unspecified atom stereocenters. The average Bonchev–Trinajstić information content (AvgIpc) is 3.37. The van der Waals surface area contributed by atoms with E-state index in [2.05, 4.69) is 22.5 Å². The van der Waals surface area contributed by atoms with Crippen LogP contribution in [0.5, 0.6) is 0 Å². The maximum Gasteiger partial charge on any atom is 0.230 e. The number of nitrogens with one attached hydrogen (secondary N) is 2. The quantitative estimate of drug-likeness (QED) is 0.627. The third-order valence-corrected chi connectivity index (χ3v) is 6.05. The molecule has 1 saturated carbocycles. The van der Waals surface area contributed by atoms with Crippen molar-refractivity contribution in [2.24, 2.45) is 0 Å². The second-order valence-electron chi connectivity index (χ2n) is 6.31. The van der Waals surface area contributed by atoms with Crippen LogP contribution in [0.2, 0.25) is 0 Å². The van der Waals surface area contributed by atoms with E-state index in [4.69, 9.17) is 0 Å². The first kappa shape index (κ1) is 18.9. The molecule has 1 aliphatic carbocycles. The number of unbranched alkanes of at least 4 members (excludes halogenated alkanes) is 1. The highest BCUT2D eigenvalue weighted by atomic mass is 32.2. The van der Waals surface area contributed by atoms with Gasteiger partial charge >= 0.3 is 0 Å². The van der Waals surface area contributed by atoms with Gasteiger partial charge in [0.25, 0.3) is 0 Å². The third kappa shape index (κ3) is 5.57. The molecule has 7 heteroatoms. The summed E-state index contributed by atoms with van der Waals surface area (Å²) in [4.78, 5) is 28.7.